The Bertz CT molecular complexity index is 1680. The summed E-state index contributed by atoms with van der Waals surface area (Å²) in [5.74, 6) is 0. The molecular formula is C28H28N6O4S. The molecule has 3 aromatic carbocycles. The van der Waals surface area contributed by atoms with Gasteiger partial charge in [0.1, 0.15) is 6.07 Å². The van der Waals surface area contributed by atoms with Gasteiger partial charge in [-0.05, 0) is 48.7 Å². The molecule has 5 rings (SSSR count). The molecule has 2 heterocycles. The van der Waals surface area contributed by atoms with Gasteiger partial charge in [-0.3, -0.25) is 14.1 Å². The zero-order valence-corrected chi connectivity index (χ0v) is 22.0. The average Bonchev–Trinajstić information content (AvgIpc) is 3.50. The second-order valence-electron chi connectivity index (χ2n) is 9.19. The largest absolute Gasteiger partial charge is 0.375 e. The molecule has 10 nitrogen and oxygen atoms in total. The first kappa shape index (κ1) is 26.4. The van der Waals surface area contributed by atoms with Gasteiger partial charge in [0.05, 0.1) is 53.9 Å². The van der Waals surface area contributed by atoms with Crippen molar-refractivity contribution in [2.45, 2.75) is 26.0 Å². The first-order valence-electron chi connectivity index (χ1n) is 12.6. The van der Waals surface area contributed by atoms with Crippen LogP contribution in [0.2, 0.25) is 0 Å². The van der Waals surface area contributed by atoms with Crippen molar-refractivity contribution in [2.24, 2.45) is 0 Å². The molecule has 1 saturated heterocycles. The van der Waals surface area contributed by atoms with E-state index in [1.165, 1.54) is 15.2 Å². The minimum absolute atomic E-state index is 0.152. The van der Waals surface area contributed by atoms with Gasteiger partial charge in [-0.25, -0.2) is 4.98 Å². The number of aromatic nitrogens is 2. The smallest absolute Gasteiger partial charge is 0.301 e. The molecule has 4 aromatic rings. The quantitative estimate of drug-likeness (QED) is 0.289. The second-order valence-corrected chi connectivity index (χ2v) is 10.9. The van der Waals surface area contributed by atoms with Gasteiger partial charge in [0.15, 0.2) is 0 Å². The molecule has 0 spiro atoms. The fourth-order valence-corrected chi connectivity index (χ4v) is 5.79. The molecule has 1 aliphatic heterocycles. The molecule has 0 unspecified atom stereocenters. The van der Waals surface area contributed by atoms with E-state index in [2.05, 4.69) is 21.1 Å². The Morgan fingerprint density at radius 1 is 1.00 bits per heavy atom. The normalized spacial score (nSPS) is 13.8. The summed E-state index contributed by atoms with van der Waals surface area (Å²) in [6.07, 6.45) is 3.13. The van der Waals surface area contributed by atoms with Gasteiger partial charge < -0.3 is 10.1 Å². The van der Waals surface area contributed by atoms with Crippen LogP contribution in [0.1, 0.15) is 24.0 Å². The zero-order valence-electron chi connectivity index (χ0n) is 21.2. The van der Waals surface area contributed by atoms with Gasteiger partial charge in [-0.2, -0.15) is 18.0 Å². The maximum atomic E-state index is 13.2. The third kappa shape index (κ3) is 6.09. The van der Waals surface area contributed by atoms with Crippen LogP contribution in [-0.4, -0.2) is 42.0 Å². The molecule has 39 heavy (non-hydrogen) atoms. The molecule has 0 bridgehead atoms. The Kier molecular flexibility index (Phi) is 7.88. The van der Waals surface area contributed by atoms with E-state index in [0.29, 0.717) is 55.1 Å². The summed E-state index contributed by atoms with van der Waals surface area (Å²) in [7, 11) is -3.76. The molecule has 0 saturated carbocycles. The molecule has 1 fully saturated rings. The highest BCUT2D eigenvalue weighted by Gasteiger charge is 2.26. The Labute approximate surface area is 226 Å². The summed E-state index contributed by atoms with van der Waals surface area (Å²) in [6, 6.07) is 22.0. The van der Waals surface area contributed by atoms with Crippen molar-refractivity contribution in [3.63, 3.8) is 0 Å². The van der Waals surface area contributed by atoms with Gasteiger partial charge >= 0.3 is 10.2 Å². The zero-order chi connectivity index (χ0) is 27.2. The molecule has 0 amide bonds. The van der Waals surface area contributed by atoms with Crippen molar-refractivity contribution in [1.29, 1.82) is 5.26 Å². The maximum Gasteiger partial charge on any atom is 0.301 e. The van der Waals surface area contributed by atoms with E-state index < -0.39 is 10.2 Å². The lowest BCUT2D eigenvalue weighted by Crippen LogP contribution is -2.33. The molecule has 1 aromatic heterocycles. The number of nitrogens with one attached hydrogen (secondary N) is 2. The van der Waals surface area contributed by atoms with E-state index in [4.69, 9.17) is 4.74 Å². The van der Waals surface area contributed by atoms with Crippen LogP contribution in [-0.2, 0) is 28.1 Å². The number of fused-ring (bicyclic) bond motifs is 1. The monoisotopic (exact) mass is 544 g/mol. The van der Waals surface area contributed by atoms with Crippen molar-refractivity contribution in [1.82, 2.24) is 13.9 Å². The van der Waals surface area contributed by atoms with Crippen molar-refractivity contribution in [2.75, 3.05) is 29.7 Å². The van der Waals surface area contributed by atoms with Crippen LogP contribution in [0.3, 0.4) is 0 Å². The number of rotatable bonds is 10. The van der Waals surface area contributed by atoms with Gasteiger partial charge in [0, 0.05) is 18.8 Å². The number of nitrogens with zero attached hydrogens (tertiary/aromatic N) is 4. The molecular weight excluding hydrogens is 516 g/mol. The van der Waals surface area contributed by atoms with Crippen LogP contribution in [0.5, 0.6) is 0 Å². The first-order valence-corrected chi connectivity index (χ1v) is 14.1. The minimum atomic E-state index is -3.76. The summed E-state index contributed by atoms with van der Waals surface area (Å²) in [5, 5.41) is 13.4. The Hall–Kier alpha value is -4.24. The summed E-state index contributed by atoms with van der Waals surface area (Å²) >= 11 is 0. The minimum Gasteiger partial charge on any atom is -0.375 e. The Morgan fingerprint density at radius 3 is 2.54 bits per heavy atom. The number of nitriles is 1. The fourth-order valence-electron chi connectivity index (χ4n) is 4.47. The Morgan fingerprint density at radius 2 is 1.77 bits per heavy atom. The fraction of sp³-hybridized carbons (Fsp3) is 0.250. The van der Waals surface area contributed by atoms with Gasteiger partial charge in [-0.1, -0.05) is 36.4 Å². The molecule has 1 aliphatic rings. The molecule has 11 heteroatoms. The summed E-state index contributed by atoms with van der Waals surface area (Å²) in [5.41, 5.74) is 2.71. The lowest BCUT2D eigenvalue weighted by Gasteiger charge is -2.18. The highest BCUT2D eigenvalue weighted by Crippen LogP contribution is 2.29. The molecule has 2 N–H and O–H groups in total. The van der Waals surface area contributed by atoms with E-state index >= 15 is 0 Å². The van der Waals surface area contributed by atoms with Crippen LogP contribution in [0.15, 0.2) is 77.9 Å². The lowest BCUT2D eigenvalue weighted by molar-refractivity contribution is 0.112. The SMILES string of the molecule is N#Cc1c(Nc2ccc3ncn(CCOCc4ccccc4)c(=O)c3c2)cccc1NS(=O)(=O)N1CCCC1. The summed E-state index contributed by atoms with van der Waals surface area (Å²) < 4.78 is 36.7. The van der Waals surface area contributed by atoms with Crippen LogP contribution in [0, 0.1) is 11.3 Å². The van der Waals surface area contributed by atoms with Crippen LogP contribution in [0.4, 0.5) is 17.1 Å². The standard InChI is InChI=1S/C28H28N6O4S/c29-18-24-26(9-6-10-27(24)32-39(36,37)34-13-4-5-14-34)31-22-11-12-25-23(17-22)28(35)33(20-30-25)15-16-38-19-21-7-2-1-3-8-21/h1-3,6-12,17,20,31-32H,4-5,13-16,19H2. The molecule has 0 atom stereocenters. The predicted molar refractivity (Wildman–Crippen MR) is 150 cm³/mol. The van der Waals surface area contributed by atoms with Crippen molar-refractivity contribution < 1.29 is 13.2 Å². The predicted octanol–water partition coefficient (Wildman–Crippen LogP) is 3.98. The van der Waals surface area contributed by atoms with Crippen molar-refractivity contribution in [3.05, 3.63) is 94.5 Å². The molecule has 0 aliphatic carbocycles. The first-order chi connectivity index (χ1) is 18.9. The maximum absolute atomic E-state index is 13.2. The Balaban J connectivity index is 1.33. The average molecular weight is 545 g/mol. The van der Waals surface area contributed by atoms with Crippen LogP contribution < -0.4 is 15.6 Å². The van der Waals surface area contributed by atoms with Crippen molar-refractivity contribution >= 4 is 38.2 Å². The molecule has 200 valence electrons. The number of hydrogen-bond donors (Lipinski definition) is 2. The van der Waals surface area contributed by atoms with Crippen LogP contribution >= 0.6 is 0 Å². The highest BCUT2D eigenvalue weighted by atomic mass is 32.2. The van der Waals surface area contributed by atoms with E-state index in [-0.39, 0.29) is 16.8 Å². The number of benzene rings is 3. The third-order valence-electron chi connectivity index (χ3n) is 6.51. The highest BCUT2D eigenvalue weighted by molar-refractivity contribution is 7.90. The van der Waals surface area contributed by atoms with Crippen molar-refractivity contribution in [3.8, 4) is 6.07 Å². The summed E-state index contributed by atoms with van der Waals surface area (Å²) in [4.78, 5) is 17.6. The molecule has 0 radical (unpaired) electrons. The lowest BCUT2D eigenvalue weighted by atomic mass is 10.1. The number of hydrogen-bond acceptors (Lipinski definition) is 7. The van der Waals surface area contributed by atoms with Gasteiger partial charge in [-0.15, -0.1) is 0 Å². The third-order valence-corrected chi connectivity index (χ3v) is 8.03. The van der Waals surface area contributed by atoms with E-state index in [1.807, 2.05) is 30.3 Å². The number of ether oxygens (including phenoxy) is 1. The topological polar surface area (TPSA) is 129 Å². The van der Waals surface area contributed by atoms with E-state index in [1.54, 1.807) is 36.4 Å². The second kappa shape index (κ2) is 11.7. The van der Waals surface area contributed by atoms with E-state index in [9.17, 15) is 18.5 Å². The van der Waals surface area contributed by atoms with Crippen LogP contribution in [0.25, 0.3) is 10.9 Å². The van der Waals surface area contributed by atoms with Gasteiger partial charge in [0.25, 0.3) is 5.56 Å². The van der Waals surface area contributed by atoms with Gasteiger partial charge in [0.2, 0.25) is 0 Å². The number of anilines is 3. The van der Waals surface area contributed by atoms with E-state index in [0.717, 1.165) is 18.4 Å². The summed E-state index contributed by atoms with van der Waals surface area (Å²) in [6.45, 7) is 2.07.